The van der Waals surface area contributed by atoms with Crippen LogP contribution in [0.4, 0.5) is 0 Å². The summed E-state index contributed by atoms with van der Waals surface area (Å²) in [7, 11) is 4.47. The van der Waals surface area contributed by atoms with Crippen molar-refractivity contribution >= 4 is 0 Å². The molecule has 2 aliphatic heterocycles. The standard InChI is InChI=1S/C14H27N3/c1-15-14(11-3-4-11)10-17-8-7-12-5-6-13(9-17)16(12)2/h11-15H,3-10H2,1-2H3. The molecule has 2 bridgehead atoms. The van der Waals surface area contributed by atoms with Crippen molar-refractivity contribution in [2.24, 2.45) is 5.92 Å². The molecule has 2 heterocycles. The van der Waals surface area contributed by atoms with Crippen molar-refractivity contribution in [1.82, 2.24) is 15.1 Å². The minimum Gasteiger partial charge on any atom is -0.315 e. The highest BCUT2D eigenvalue weighted by Gasteiger charge is 2.37. The normalized spacial score (nSPS) is 37.1. The van der Waals surface area contributed by atoms with Gasteiger partial charge in [0.05, 0.1) is 0 Å². The molecular weight excluding hydrogens is 210 g/mol. The van der Waals surface area contributed by atoms with Gasteiger partial charge in [0.15, 0.2) is 0 Å². The number of likely N-dealkylation sites (N-methyl/N-ethyl adjacent to an activating group) is 2. The van der Waals surface area contributed by atoms with E-state index in [9.17, 15) is 0 Å². The van der Waals surface area contributed by atoms with E-state index in [-0.39, 0.29) is 0 Å². The molecule has 3 atom stereocenters. The zero-order valence-corrected chi connectivity index (χ0v) is 11.4. The summed E-state index contributed by atoms with van der Waals surface area (Å²) in [4.78, 5) is 5.37. The van der Waals surface area contributed by atoms with Crippen LogP contribution >= 0.6 is 0 Å². The third-order valence-corrected chi connectivity index (χ3v) is 5.25. The van der Waals surface area contributed by atoms with Gasteiger partial charge in [0.1, 0.15) is 0 Å². The Morgan fingerprint density at radius 3 is 2.59 bits per heavy atom. The number of hydrogen-bond acceptors (Lipinski definition) is 3. The van der Waals surface area contributed by atoms with E-state index in [0.29, 0.717) is 0 Å². The predicted molar refractivity (Wildman–Crippen MR) is 71.2 cm³/mol. The van der Waals surface area contributed by atoms with Gasteiger partial charge in [-0.15, -0.1) is 0 Å². The van der Waals surface area contributed by atoms with Gasteiger partial charge in [0.2, 0.25) is 0 Å². The fourth-order valence-electron chi connectivity index (χ4n) is 3.80. The summed E-state index contributed by atoms with van der Waals surface area (Å²) < 4.78 is 0. The Morgan fingerprint density at radius 2 is 1.88 bits per heavy atom. The Morgan fingerprint density at radius 1 is 1.12 bits per heavy atom. The van der Waals surface area contributed by atoms with Gasteiger partial charge >= 0.3 is 0 Å². The monoisotopic (exact) mass is 237 g/mol. The zero-order valence-electron chi connectivity index (χ0n) is 11.4. The quantitative estimate of drug-likeness (QED) is 0.791. The van der Waals surface area contributed by atoms with Crippen molar-refractivity contribution in [1.29, 1.82) is 0 Å². The Labute approximate surface area is 106 Å². The maximum atomic E-state index is 3.53. The van der Waals surface area contributed by atoms with E-state index in [1.54, 1.807) is 0 Å². The third kappa shape index (κ3) is 2.51. The lowest BCUT2D eigenvalue weighted by Crippen LogP contribution is -2.44. The fourth-order valence-corrected chi connectivity index (χ4v) is 3.80. The van der Waals surface area contributed by atoms with E-state index in [4.69, 9.17) is 0 Å². The first kappa shape index (κ1) is 11.9. The summed E-state index contributed by atoms with van der Waals surface area (Å²) in [5, 5.41) is 3.53. The second kappa shape index (κ2) is 4.87. The smallest absolute Gasteiger partial charge is 0.0223 e. The topological polar surface area (TPSA) is 18.5 Å². The van der Waals surface area contributed by atoms with Crippen LogP contribution in [0.3, 0.4) is 0 Å². The van der Waals surface area contributed by atoms with Crippen molar-refractivity contribution in [3.05, 3.63) is 0 Å². The first-order valence-electron chi connectivity index (χ1n) is 7.39. The van der Waals surface area contributed by atoms with E-state index >= 15 is 0 Å². The molecule has 3 heteroatoms. The van der Waals surface area contributed by atoms with Gasteiger partial charge in [-0.25, -0.2) is 0 Å². The van der Waals surface area contributed by atoms with E-state index in [2.05, 4.69) is 29.2 Å². The molecule has 2 saturated heterocycles. The van der Waals surface area contributed by atoms with E-state index in [0.717, 1.165) is 24.0 Å². The molecule has 0 amide bonds. The summed E-state index contributed by atoms with van der Waals surface area (Å²) in [6, 6.07) is 2.45. The minimum atomic E-state index is 0.747. The second-order valence-electron chi connectivity index (χ2n) is 6.33. The van der Waals surface area contributed by atoms with Gasteiger partial charge in [-0.1, -0.05) is 0 Å². The molecule has 17 heavy (non-hydrogen) atoms. The van der Waals surface area contributed by atoms with Crippen LogP contribution in [0, 0.1) is 5.92 Å². The summed E-state index contributed by atoms with van der Waals surface area (Å²) in [5.74, 6) is 0.971. The van der Waals surface area contributed by atoms with Crippen LogP contribution < -0.4 is 5.32 Å². The average molecular weight is 237 g/mol. The lowest BCUT2D eigenvalue weighted by molar-refractivity contribution is 0.201. The van der Waals surface area contributed by atoms with Gasteiger partial charge in [-0.3, -0.25) is 4.90 Å². The largest absolute Gasteiger partial charge is 0.315 e. The molecule has 3 aliphatic rings. The van der Waals surface area contributed by atoms with E-state index < -0.39 is 0 Å². The molecule has 0 aromatic rings. The molecule has 3 rings (SSSR count). The Bertz CT molecular complexity index is 264. The molecule has 1 aliphatic carbocycles. The molecule has 3 nitrogen and oxygen atoms in total. The van der Waals surface area contributed by atoms with Gasteiger partial charge in [-0.05, 0) is 58.7 Å². The number of hydrogen-bond donors (Lipinski definition) is 1. The number of fused-ring (bicyclic) bond motifs is 2. The number of nitrogens with zero attached hydrogens (tertiary/aromatic N) is 2. The Hall–Kier alpha value is -0.120. The summed E-state index contributed by atoms with van der Waals surface area (Å²) in [6.07, 6.45) is 7.14. The van der Waals surface area contributed by atoms with E-state index in [1.165, 1.54) is 51.7 Å². The third-order valence-electron chi connectivity index (χ3n) is 5.25. The maximum Gasteiger partial charge on any atom is 0.0223 e. The molecule has 1 saturated carbocycles. The molecule has 0 radical (unpaired) electrons. The highest BCUT2D eigenvalue weighted by atomic mass is 15.3. The number of rotatable bonds is 4. The lowest BCUT2D eigenvalue weighted by Gasteiger charge is -2.29. The second-order valence-corrected chi connectivity index (χ2v) is 6.33. The van der Waals surface area contributed by atoms with E-state index in [1.807, 2.05) is 0 Å². The molecule has 0 aromatic heterocycles. The van der Waals surface area contributed by atoms with Gasteiger partial charge in [0.25, 0.3) is 0 Å². The predicted octanol–water partition coefficient (Wildman–Crippen LogP) is 1.15. The first-order valence-corrected chi connectivity index (χ1v) is 7.39. The van der Waals surface area contributed by atoms with Crippen LogP contribution in [0.15, 0.2) is 0 Å². The Balaban J connectivity index is 1.57. The molecule has 3 fully saturated rings. The highest BCUT2D eigenvalue weighted by Crippen LogP contribution is 2.34. The van der Waals surface area contributed by atoms with Crippen LogP contribution in [0.5, 0.6) is 0 Å². The number of nitrogens with one attached hydrogen (secondary N) is 1. The summed E-state index contributed by atoms with van der Waals surface area (Å²) in [6.45, 7) is 3.90. The lowest BCUT2D eigenvalue weighted by atomic mass is 10.1. The van der Waals surface area contributed by atoms with Gasteiger partial charge < -0.3 is 10.2 Å². The number of likely N-dealkylation sites (tertiary alicyclic amines) is 1. The van der Waals surface area contributed by atoms with Crippen molar-refractivity contribution < 1.29 is 0 Å². The van der Waals surface area contributed by atoms with Crippen LogP contribution in [0.25, 0.3) is 0 Å². The molecule has 0 spiro atoms. The maximum absolute atomic E-state index is 3.53. The van der Waals surface area contributed by atoms with Crippen molar-refractivity contribution in [3.63, 3.8) is 0 Å². The average Bonchev–Trinajstić information content (AvgIpc) is 3.08. The molecule has 0 aromatic carbocycles. The van der Waals surface area contributed by atoms with Crippen LogP contribution in [0.2, 0.25) is 0 Å². The van der Waals surface area contributed by atoms with Crippen molar-refractivity contribution in [2.75, 3.05) is 33.7 Å². The summed E-state index contributed by atoms with van der Waals surface area (Å²) in [5.41, 5.74) is 0. The van der Waals surface area contributed by atoms with Crippen LogP contribution in [-0.4, -0.2) is 61.7 Å². The fraction of sp³-hybridized carbons (Fsp3) is 1.00. The molecular formula is C14H27N3. The van der Waals surface area contributed by atoms with Gasteiger partial charge in [-0.2, -0.15) is 0 Å². The summed E-state index contributed by atoms with van der Waals surface area (Å²) >= 11 is 0. The SMILES string of the molecule is CNC(CN1CCC2CCC(C1)N2C)C1CC1. The zero-order chi connectivity index (χ0) is 11.8. The Kier molecular flexibility index (Phi) is 3.42. The molecule has 1 N–H and O–H groups in total. The highest BCUT2D eigenvalue weighted by molar-refractivity contribution is 4.94. The van der Waals surface area contributed by atoms with Gasteiger partial charge in [0, 0.05) is 31.2 Å². The molecule has 3 unspecified atom stereocenters. The van der Waals surface area contributed by atoms with Crippen LogP contribution in [0.1, 0.15) is 32.1 Å². The first-order chi connectivity index (χ1) is 8.28. The van der Waals surface area contributed by atoms with Crippen molar-refractivity contribution in [2.45, 2.75) is 50.2 Å². The molecule has 98 valence electrons. The van der Waals surface area contributed by atoms with Crippen molar-refractivity contribution in [3.8, 4) is 0 Å². The minimum absolute atomic E-state index is 0.747. The van der Waals surface area contributed by atoms with Crippen LogP contribution in [-0.2, 0) is 0 Å².